The lowest BCUT2D eigenvalue weighted by molar-refractivity contribution is -0.274. The number of pyridine rings is 1. The molecule has 0 saturated heterocycles. The van der Waals surface area contributed by atoms with Crippen LogP contribution < -0.4 is 15.0 Å². The number of ether oxygens (including phenoxy) is 2. The highest BCUT2D eigenvalue weighted by molar-refractivity contribution is 5.32. The smallest absolute Gasteiger partial charge is 0.439 e. The van der Waals surface area contributed by atoms with E-state index in [1.165, 1.54) is 24.3 Å². The summed E-state index contributed by atoms with van der Waals surface area (Å²) in [4.78, 5) is 9.42. The van der Waals surface area contributed by atoms with Crippen molar-refractivity contribution in [3.63, 3.8) is 0 Å². The maximum absolute atomic E-state index is 12.1. The molecule has 0 spiro atoms. The number of hydroxylamine groups is 1. The number of aryl methyl sites for hydroxylation is 1. The van der Waals surface area contributed by atoms with Crippen LogP contribution in [0, 0.1) is 6.92 Å². The second kappa shape index (κ2) is 6.40. The Bertz CT molecular complexity index is 745. The quantitative estimate of drug-likeness (QED) is 0.919. The van der Waals surface area contributed by atoms with Crippen molar-refractivity contribution in [1.82, 2.24) is 10.5 Å². The van der Waals surface area contributed by atoms with Crippen molar-refractivity contribution < 1.29 is 27.5 Å². The molecule has 8 heteroatoms. The number of aromatic nitrogens is 1. The van der Waals surface area contributed by atoms with E-state index in [1.54, 1.807) is 24.4 Å². The molecule has 1 aliphatic heterocycles. The zero-order valence-corrected chi connectivity index (χ0v) is 12.5. The number of hydrogen-bond donors (Lipinski definition) is 1. The Kier molecular flexibility index (Phi) is 4.30. The van der Waals surface area contributed by atoms with E-state index in [4.69, 9.17) is 9.57 Å². The highest BCUT2D eigenvalue weighted by Crippen LogP contribution is 2.28. The Morgan fingerprint density at radius 3 is 2.54 bits per heavy atom. The Morgan fingerprint density at radius 2 is 1.88 bits per heavy atom. The lowest BCUT2D eigenvalue weighted by atomic mass is 10.1. The molecule has 0 fully saturated rings. The average Bonchev–Trinajstić information content (AvgIpc) is 2.95. The Hall–Kier alpha value is -2.74. The number of nitrogens with zero attached hydrogens (tertiary/aromatic N) is 1. The van der Waals surface area contributed by atoms with E-state index >= 15 is 0 Å². The highest BCUT2D eigenvalue weighted by atomic mass is 19.4. The van der Waals surface area contributed by atoms with Crippen molar-refractivity contribution in [2.24, 2.45) is 0 Å². The van der Waals surface area contributed by atoms with E-state index in [0.717, 1.165) is 5.69 Å². The van der Waals surface area contributed by atoms with Gasteiger partial charge in [-0.15, -0.1) is 13.2 Å². The summed E-state index contributed by atoms with van der Waals surface area (Å²) in [6.07, 6.45) is -1.90. The molecule has 1 aromatic carbocycles. The minimum absolute atomic E-state index is 0.287. The molecule has 3 rings (SSSR count). The molecule has 2 aromatic rings. The average molecular weight is 338 g/mol. The fraction of sp³-hybridized carbons (Fsp3) is 0.188. The Morgan fingerprint density at radius 1 is 1.12 bits per heavy atom. The van der Waals surface area contributed by atoms with E-state index in [0.29, 0.717) is 17.2 Å². The van der Waals surface area contributed by atoms with Gasteiger partial charge in [-0.1, -0.05) is 12.1 Å². The molecule has 0 amide bonds. The molecule has 1 atom stereocenters. The number of rotatable bonds is 4. The van der Waals surface area contributed by atoms with Crippen molar-refractivity contribution in [3.05, 3.63) is 65.8 Å². The van der Waals surface area contributed by atoms with Crippen LogP contribution in [0.2, 0.25) is 0 Å². The summed E-state index contributed by atoms with van der Waals surface area (Å²) < 4.78 is 45.9. The maximum atomic E-state index is 12.1. The third kappa shape index (κ3) is 4.17. The zero-order chi connectivity index (χ0) is 17.2. The summed E-state index contributed by atoms with van der Waals surface area (Å²) in [7, 11) is 0. The first-order valence-corrected chi connectivity index (χ1v) is 6.99. The minimum atomic E-state index is -4.71. The van der Waals surface area contributed by atoms with E-state index in [9.17, 15) is 13.2 Å². The number of nitrogens with one attached hydrogen (secondary N) is 1. The van der Waals surface area contributed by atoms with Crippen molar-refractivity contribution in [2.75, 3.05) is 0 Å². The standard InChI is InChI=1S/C16H13F3N2O3/c1-10-8-13(6-7-20-10)22-15-9-14(24-21-15)11-2-4-12(5-3-11)23-16(17,18)19/h2-9,14,21H,1H3/t14-/m0/s1. The fourth-order valence-corrected chi connectivity index (χ4v) is 2.12. The first kappa shape index (κ1) is 16.1. The Balaban J connectivity index is 1.67. The largest absolute Gasteiger partial charge is 0.573 e. The summed E-state index contributed by atoms with van der Waals surface area (Å²) >= 11 is 0. The summed E-state index contributed by atoms with van der Waals surface area (Å²) in [5.74, 6) is 0.700. The van der Waals surface area contributed by atoms with Gasteiger partial charge < -0.3 is 9.47 Å². The molecule has 0 bridgehead atoms. The normalized spacial score (nSPS) is 17.2. The van der Waals surface area contributed by atoms with Crippen LogP contribution in [0.15, 0.2) is 54.6 Å². The van der Waals surface area contributed by atoms with Crippen LogP contribution in [-0.2, 0) is 4.84 Å². The molecule has 0 aliphatic carbocycles. The van der Waals surface area contributed by atoms with Crippen molar-refractivity contribution in [1.29, 1.82) is 0 Å². The topological polar surface area (TPSA) is 52.6 Å². The van der Waals surface area contributed by atoms with Crippen LogP contribution in [0.1, 0.15) is 17.4 Å². The van der Waals surface area contributed by atoms with Gasteiger partial charge in [0.2, 0.25) is 5.88 Å². The minimum Gasteiger partial charge on any atom is -0.439 e. The molecule has 1 N–H and O–H groups in total. The van der Waals surface area contributed by atoms with E-state index in [-0.39, 0.29) is 5.75 Å². The summed E-state index contributed by atoms with van der Waals surface area (Å²) in [6.45, 7) is 1.84. The molecular formula is C16H13F3N2O3. The molecule has 2 heterocycles. The lowest BCUT2D eigenvalue weighted by Gasteiger charge is -2.11. The summed E-state index contributed by atoms with van der Waals surface area (Å²) in [5.41, 5.74) is 4.10. The van der Waals surface area contributed by atoms with Crippen molar-refractivity contribution >= 4 is 0 Å². The SMILES string of the molecule is Cc1cc(OC2=C[C@@H](c3ccc(OC(F)(F)F)cc3)ON2)ccn1. The second-order valence-corrected chi connectivity index (χ2v) is 5.02. The van der Waals surface area contributed by atoms with Crippen LogP contribution in [0.25, 0.3) is 0 Å². The summed E-state index contributed by atoms with van der Waals surface area (Å²) in [5, 5.41) is 0. The molecule has 126 valence electrons. The summed E-state index contributed by atoms with van der Waals surface area (Å²) in [6, 6.07) is 8.90. The lowest BCUT2D eigenvalue weighted by Crippen LogP contribution is -2.17. The number of hydrogen-bond acceptors (Lipinski definition) is 5. The van der Waals surface area contributed by atoms with Crippen LogP contribution in [0.3, 0.4) is 0 Å². The predicted octanol–water partition coefficient (Wildman–Crippen LogP) is 3.78. The first-order valence-electron chi connectivity index (χ1n) is 6.99. The highest BCUT2D eigenvalue weighted by Gasteiger charge is 2.31. The van der Waals surface area contributed by atoms with Gasteiger partial charge in [-0.3, -0.25) is 9.82 Å². The third-order valence-electron chi connectivity index (χ3n) is 3.13. The monoisotopic (exact) mass is 338 g/mol. The number of halogens is 3. The van der Waals surface area contributed by atoms with Crippen molar-refractivity contribution in [3.8, 4) is 11.5 Å². The fourth-order valence-electron chi connectivity index (χ4n) is 2.12. The van der Waals surface area contributed by atoms with Gasteiger partial charge in [-0.2, -0.15) is 0 Å². The Labute approximate surface area is 135 Å². The number of benzene rings is 1. The maximum Gasteiger partial charge on any atom is 0.573 e. The predicted molar refractivity (Wildman–Crippen MR) is 77.8 cm³/mol. The van der Waals surface area contributed by atoms with Crippen LogP contribution in [-0.4, -0.2) is 11.3 Å². The molecule has 1 aliphatic rings. The van der Waals surface area contributed by atoms with Gasteiger partial charge in [0.05, 0.1) is 0 Å². The van der Waals surface area contributed by atoms with Gasteiger partial charge in [-0.25, -0.2) is 5.48 Å². The van der Waals surface area contributed by atoms with E-state index < -0.39 is 12.5 Å². The number of alkyl halides is 3. The molecular weight excluding hydrogens is 325 g/mol. The molecule has 5 nitrogen and oxygen atoms in total. The zero-order valence-electron chi connectivity index (χ0n) is 12.5. The van der Waals surface area contributed by atoms with Crippen LogP contribution >= 0.6 is 0 Å². The van der Waals surface area contributed by atoms with Gasteiger partial charge in [0.25, 0.3) is 0 Å². The van der Waals surface area contributed by atoms with Crippen molar-refractivity contribution in [2.45, 2.75) is 19.4 Å². The first-order chi connectivity index (χ1) is 11.4. The van der Waals surface area contributed by atoms with Gasteiger partial charge in [0.1, 0.15) is 17.6 Å². The van der Waals surface area contributed by atoms with Crippen LogP contribution in [0.4, 0.5) is 13.2 Å². The molecule has 1 aromatic heterocycles. The van der Waals surface area contributed by atoms with Gasteiger partial charge in [-0.05, 0) is 30.7 Å². The molecule has 0 unspecified atom stereocenters. The van der Waals surface area contributed by atoms with E-state index in [1.807, 2.05) is 6.92 Å². The van der Waals surface area contributed by atoms with Crippen LogP contribution in [0.5, 0.6) is 11.5 Å². The second-order valence-electron chi connectivity index (χ2n) is 5.02. The van der Waals surface area contributed by atoms with Gasteiger partial charge >= 0.3 is 6.36 Å². The van der Waals surface area contributed by atoms with E-state index in [2.05, 4.69) is 15.2 Å². The molecule has 0 saturated carbocycles. The van der Waals surface area contributed by atoms with Gasteiger partial charge in [0.15, 0.2) is 0 Å². The molecule has 0 radical (unpaired) electrons. The molecule has 24 heavy (non-hydrogen) atoms. The van der Waals surface area contributed by atoms with Gasteiger partial charge in [0, 0.05) is 24.0 Å². The third-order valence-corrected chi connectivity index (χ3v) is 3.13.